The van der Waals surface area contributed by atoms with E-state index < -0.39 is 0 Å². The molecule has 0 aliphatic carbocycles. The maximum absolute atomic E-state index is 12.0. The molecule has 206 valence electrons. The zero-order valence-electron chi connectivity index (χ0n) is 23.9. The Morgan fingerprint density at radius 2 is 1.75 bits per heavy atom. The third-order valence-corrected chi connectivity index (χ3v) is 7.91. The van der Waals surface area contributed by atoms with Crippen LogP contribution in [0.1, 0.15) is 53.6 Å². The Balaban J connectivity index is 1.61. The number of carbonyl (C=O) groups is 1. The molecule has 0 spiro atoms. The van der Waals surface area contributed by atoms with Gasteiger partial charge >= 0.3 is 0 Å². The number of aromatic nitrogens is 2. The van der Waals surface area contributed by atoms with Crippen LogP contribution in [-0.4, -0.2) is 34.7 Å². The highest BCUT2D eigenvalue weighted by atomic mass is 32.1. The van der Waals surface area contributed by atoms with Crippen LogP contribution in [0.4, 0.5) is 17.1 Å². The quantitative estimate of drug-likeness (QED) is 0.259. The lowest BCUT2D eigenvalue weighted by molar-refractivity contribution is -0.115. The van der Waals surface area contributed by atoms with E-state index >= 15 is 0 Å². The number of amides is 1. The van der Waals surface area contributed by atoms with E-state index in [4.69, 9.17) is 17.2 Å². The van der Waals surface area contributed by atoms with Crippen molar-refractivity contribution in [1.29, 1.82) is 0 Å². The number of nitrogens with one attached hydrogen (secondary N) is 2. The Bertz CT molecular complexity index is 1540. The van der Waals surface area contributed by atoms with Crippen molar-refractivity contribution < 1.29 is 4.79 Å². The molecule has 1 fully saturated rings. The highest BCUT2D eigenvalue weighted by Crippen LogP contribution is 2.44. The van der Waals surface area contributed by atoms with Crippen molar-refractivity contribution in [2.24, 2.45) is 0 Å². The fourth-order valence-electron chi connectivity index (χ4n) is 5.51. The number of hydrogen-bond acceptors (Lipinski definition) is 4. The number of pyridine rings is 1. The van der Waals surface area contributed by atoms with Gasteiger partial charge in [0.2, 0.25) is 5.91 Å². The maximum atomic E-state index is 12.0. The summed E-state index contributed by atoms with van der Waals surface area (Å²) >= 11 is 5.96. The van der Waals surface area contributed by atoms with Gasteiger partial charge in [0.25, 0.3) is 0 Å². The Hall–Kier alpha value is -4.17. The summed E-state index contributed by atoms with van der Waals surface area (Å²) < 4.78 is 2.30. The molecule has 0 bridgehead atoms. The lowest BCUT2D eigenvalue weighted by Crippen LogP contribution is -2.29. The number of benzene rings is 2. The standard InChI is InChI=1S/C32H36N6OS/c1-7-29(39)34-27-16-15-25(18-20(27)2)38-31(30(35-32(38)40)28-10-8-9-17-33-28)26-19-21(3)37(22(26)4)24-13-11-23(12-14-24)36(5)6/h8-19,30-31H,7H2,1-6H3,(H,34,39)(H,35,40)/t30-,31+/m0/s1. The summed E-state index contributed by atoms with van der Waals surface area (Å²) in [7, 11) is 4.10. The summed E-state index contributed by atoms with van der Waals surface area (Å²) in [6.07, 6.45) is 2.26. The van der Waals surface area contributed by atoms with Gasteiger partial charge in [0, 0.05) is 60.9 Å². The van der Waals surface area contributed by atoms with E-state index in [1.54, 1.807) is 0 Å². The third kappa shape index (κ3) is 5.07. The molecule has 2 aromatic heterocycles. The molecule has 4 aromatic rings. The molecule has 0 saturated carbocycles. The van der Waals surface area contributed by atoms with Crippen LogP contribution in [-0.2, 0) is 4.79 Å². The number of carbonyl (C=O) groups excluding carboxylic acids is 1. The number of thiocarbonyl (C=S) groups is 1. The van der Waals surface area contributed by atoms with Crippen LogP contribution >= 0.6 is 12.2 Å². The summed E-state index contributed by atoms with van der Waals surface area (Å²) in [5.74, 6) is -0.00615. The summed E-state index contributed by atoms with van der Waals surface area (Å²) in [6, 6.07) is 22.7. The van der Waals surface area contributed by atoms with Gasteiger partial charge in [0.05, 0.1) is 17.8 Å². The Kier molecular flexibility index (Phi) is 7.63. The first-order chi connectivity index (χ1) is 19.2. The highest BCUT2D eigenvalue weighted by Gasteiger charge is 2.42. The summed E-state index contributed by atoms with van der Waals surface area (Å²) in [5.41, 5.74) is 9.45. The largest absolute Gasteiger partial charge is 0.378 e. The number of aryl methyl sites for hydroxylation is 2. The molecule has 1 amide bonds. The van der Waals surface area contributed by atoms with Gasteiger partial charge in [-0.15, -0.1) is 0 Å². The molecule has 2 aromatic carbocycles. The molecule has 0 unspecified atom stereocenters. The second-order valence-electron chi connectivity index (χ2n) is 10.5. The molecule has 3 heterocycles. The molecule has 2 N–H and O–H groups in total. The zero-order chi connectivity index (χ0) is 28.6. The second kappa shape index (κ2) is 11.1. The van der Waals surface area contributed by atoms with Crippen molar-refractivity contribution in [3.8, 4) is 5.69 Å². The van der Waals surface area contributed by atoms with Crippen molar-refractivity contribution in [1.82, 2.24) is 14.9 Å². The minimum Gasteiger partial charge on any atom is -0.378 e. The van der Waals surface area contributed by atoms with E-state index in [-0.39, 0.29) is 18.0 Å². The molecule has 7 nitrogen and oxygen atoms in total. The molecular weight excluding hydrogens is 516 g/mol. The van der Waals surface area contributed by atoms with Gasteiger partial charge in [-0.05, 0) is 105 Å². The lowest BCUT2D eigenvalue weighted by Gasteiger charge is -2.29. The van der Waals surface area contributed by atoms with E-state index in [9.17, 15) is 4.79 Å². The molecule has 1 aliphatic rings. The van der Waals surface area contributed by atoms with Crippen molar-refractivity contribution in [2.45, 2.75) is 46.2 Å². The number of nitrogens with zero attached hydrogens (tertiary/aromatic N) is 4. The Labute approximate surface area is 241 Å². The molecule has 1 aliphatic heterocycles. The normalized spacial score (nSPS) is 16.6. The van der Waals surface area contributed by atoms with Gasteiger partial charge in [-0.1, -0.05) is 13.0 Å². The second-order valence-corrected chi connectivity index (χ2v) is 10.9. The number of anilines is 3. The van der Waals surface area contributed by atoms with E-state index in [0.29, 0.717) is 11.5 Å². The van der Waals surface area contributed by atoms with Crippen molar-refractivity contribution >= 4 is 40.3 Å². The lowest BCUT2D eigenvalue weighted by atomic mass is 9.96. The van der Waals surface area contributed by atoms with Crippen molar-refractivity contribution in [2.75, 3.05) is 29.2 Å². The van der Waals surface area contributed by atoms with Gasteiger partial charge < -0.3 is 25.0 Å². The monoisotopic (exact) mass is 552 g/mol. The van der Waals surface area contributed by atoms with Crippen LogP contribution in [0.5, 0.6) is 0 Å². The fraction of sp³-hybridized carbons (Fsp3) is 0.281. The minimum absolute atomic E-state index is 0.00615. The van der Waals surface area contributed by atoms with E-state index in [0.717, 1.165) is 45.4 Å². The summed E-state index contributed by atoms with van der Waals surface area (Å²) in [4.78, 5) is 21.0. The highest BCUT2D eigenvalue weighted by molar-refractivity contribution is 7.80. The first-order valence-corrected chi connectivity index (χ1v) is 14.0. The SMILES string of the molecule is CCC(=O)Nc1ccc(N2C(=S)N[C@@H](c3ccccn3)[C@H]2c2cc(C)n(-c3ccc(N(C)C)cc3)c2C)cc1C. The van der Waals surface area contributed by atoms with Crippen molar-refractivity contribution in [3.63, 3.8) is 0 Å². The van der Waals surface area contributed by atoms with E-state index in [1.807, 2.05) is 64.5 Å². The van der Waals surface area contributed by atoms with Crippen LogP contribution < -0.4 is 20.4 Å². The minimum atomic E-state index is -0.140. The van der Waals surface area contributed by atoms with Gasteiger partial charge in [-0.3, -0.25) is 9.78 Å². The topological polar surface area (TPSA) is 65.4 Å². The van der Waals surface area contributed by atoms with Crippen molar-refractivity contribution in [3.05, 3.63) is 101 Å². The molecule has 2 atom stereocenters. The summed E-state index contributed by atoms with van der Waals surface area (Å²) in [5, 5.41) is 7.21. The van der Waals surface area contributed by atoms with Gasteiger partial charge in [-0.2, -0.15) is 0 Å². The smallest absolute Gasteiger partial charge is 0.224 e. The average Bonchev–Trinajstić information content (AvgIpc) is 3.44. The van der Waals surface area contributed by atoms with Gasteiger partial charge in [0.15, 0.2) is 5.11 Å². The average molecular weight is 553 g/mol. The molecule has 40 heavy (non-hydrogen) atoms. The predicted molar refractivity (Wildman–Crippen MR) is 168 cm³/mol. The Morgan fingerprint density at radius 1 is 1.02 bits per heavy atom. The third-order valence-electron chi connectivity index (χ3n) is 7.59. The van der Waals surface area contributed by atoms with Crippen LogP contribution in [0.15, 0.2) is 72.9 Å². The molecule has 0 radical (unpaired) electrons. The van der Waals surface area contributed by atoms with E-state index in [1.165, 1.54) is 5.56 Å². The molecule has 5 rings (SSSR count). The van der Waals surface area contributed by atoms with Crippen LogP contribution in [0.3, 0.4) is 0 Å². The predicted octanol–water partition coefficient (Wildman–Crippen LogP) is 6.39. The molecular formula is C32H36N6OS. The summed E-state index contributed by atoms with van der Waals surface area (Å²) in [6.45, 7) is 8.18. The number of rotatable bonds is 7. The van der Waals surface area contributed by atoms with Crippen LogP contribution in [0, 0.1) is 20.8 Å². The maximum Gasteiger partial charge on any atom is 0.224 e. The number of hydrogen-bond donors (Lipinski definition) is 2. The molecule has 1 saturated heterocycles. The first-order valence-electron chi connectivity index (χ1n) is 13.6. The zero-order valence-corrected chi connectivity index (χ0v) is 24.7. The fourth-order valence-corrected chi connectivity index (χ4v) is 5.86. The van der Waals surface area contributed by atoms with Gasteiger partial charge in [0.1, 0.15) is 0 Å². The Morgan fingerprint density at radius 3 is 2.38 bits per heavy atom. The van der Waals surface area contributed by atoms with Crippen LogP contribution in [0.2, 0.25) is 0 Å². The van der Waals surface area contributed by atoms with E-state index in [2.05, 4.69) is 75.2 Å². The van der Waals surface area contributed by atoms with Crippen LogP contribution in [0.25, 0.3) is 5.69 Å². The first kappa shape index (κ1) is 27.4. The van der Waals surface area contributed by atoms with Gasteiger partial charge in [-0.25, -0.2) is 0 Å². The molecule has 8 heteroatoms.